The molecule has 1 aliphatic rings. The van der Waals surface area contributed by atoms with Crippen LogP contribution in [0.2, 0.25) is 0 Å². The monoisotopic (exact) mass is 225 g/mol. The molecule has 1 aromatic heterocycles. The molecule has 0 radical (unpaired) electrons. The highest BCUT2D eigenvalue weighted by molar-refractivity contribution is 7.11. The van der Waals surface area contributed by atoms with Crippen molar-refractivity contribution in [1.82, 2.24) is 5.32 Å². The third-order valence-electron chi connectivity index (χ3n) is 2.74. The molecule has 1 saturated heterocycles. The summed E-state index contributed by atoms with van der Waals surface area (Å²) >= 11 is 1.91. The van der Waals surface area contributed by atoms with Gasteiger partial charge in [0.25, 0.3) is 0 Å². The second-order valence-electron chi connectivity index (χ2n) is 4.35. The molecular weight excluding hydrogens is 206 g/mol. The average Bonchev–Trinajstić information content (AvgIpc) is 2.62. The van der Waals surface area contributed by atoms with Crippen LogP contribution in [0.3, 0.4) is 0 Å². The van der Waals surface area contributed by atoms with Gasteiger partial charge in [0.1, 0.15) is 0 Å². The molecule has 2 atom stereocenters. The van der Waals surface area contributed by atoms with E-state index in [-0.39, 0.29) is 0 Å². The molecular formula is C12H19NOS. The summed E-state index contributed by atoms with van der Waals surface area (Å²) in [5, 5.41) is 3.57. The maximum absolute atomic E-state index is 5.53. The van der Waals surface area contributed by atoms with Gasteiger partial charge in [-0.05, 0) is 38.8 Å². The maximum atomic E-state index is 5.53. The molecule has 1 aliphatic heterocycles. The van der Waals surface area contributed by atoms with Gasteiger partial charge in [0.05, 0.1) is 13.2 Å². The van der Waals surface area contributed by atoms with E-state index in [0.29, 0.717) is 12.1 Å². The van der Waals surface area contributed by atoms with Crippen molar-refractivity contribution in [2.75, 3.05) is 13.2 Å². The summed E-state index contributed by atoms with van der Waals surface area (Å²) < 4.78 is 5.53. The van der Waals surface area contributed by atoms with Gasteiger partial charge in [0.2, 0.25) is 0 Å². The summed E-state index contributed by atoms with van der Waals surface area (Å²) in [6.07, 6.45) is 2.36. The van der Waals surface area contributed by atoms with Crippen LogP contribution < -0.4 is 5.32 Å². The zero-order chi connectivity index (χ0) is 10.7. The van der Waals surface area contributed by atoms with Crippen molar-refractivity contribution in [2.45, 2.75) is 38.8 Å². The average molecular weight is 225 g/mol. The molecule has 0 saturated carbocycles. The van der Waals surface area contributed by atoms with Gasteiger partial charge in [0.15, 0.2) is 0 Å². The van der Waals surface area contributed by atoms with E-state index in [4.69, 9.17) is 4.74 Å². The quantitative estimate of drug-likeness (QED) is 0.852. The Bertz CT molecular complexity index is 310. The van der Waals surface area contributed by atoms with E-state index in [1.165, 1.54) is 22.6 Å². The lowest BCUT2D eigenvalue weighted by atomic mass is 10.1. The van der Waals surface area contributed by atoms with E-state index < -0.39 is 0 Å². The zero-order valence-electron chi connectivity index (χ0n) is 9.45. The lowest BCUT2D eigenvalue weighted by Crippen LogP contribution is -2.47. The number of rotatable bonds is 3. The minimum absolute atomic E-state index is 0.508. The first-order valence-corrected chi connectivity index (χ1v) is 6.45. The van der Waals surface area contributed by atoms with E-state index >= 15 is 0 Å². The summed E-state index contributed by atoms with van der Waals surface area (Å²) in [5.74, 6) is 0. The normalized spacial score (nSPS) is 26.8. The van der Waals surface area contributed by atoms with Crippen molar-refractivity contribution >= 4 is 11.3 Å². The van der Waals surface area contributed by atoms with E-state index in [1.54, 1.807) is 0 Å². The highest BCUT2D eigenvalue weighted by atomic mass is 32.1. The molecule has 2 unspecified atom stereocenters. The minimum Gasteiger partial charge on any atom is -0.378 e. The lowest BCUT2D eigenvalue weighted by Gasteiger charge is -2.28. The number of nitrogens with one attached hydrogen (secondary N) is 1. The molecule has 0 aromatic carbocycles. The van der Waals surface area contributed by atoms with Crippen LogP contribution in [0.25, 0.3) is 0 Å². The molecule has 1 aromatic rings. The second-order valence-corrected chi connectivity index (χ2v) is 5.73. The Morgan fingerprint density at radius 2 is 2.33 bits per heavy atom. The Morgan fingerprint density at radius 3 is 3.00 bits per heavy atom. The highest BCUT2D eigenvalue weighted by Crippen LogP contribution is 2.18. The van der Waals surface area contributed by atoms with Crippen LogP contribution in [-0.2, 0) is 11.2 Å². The van der Waals surface area contributed by atoms with E-state index in [0.717, 1.165) is 13.2 Å². The summed E-state index contributed by atoms with van der Waals surface area (Å²) in [6.45, 7) is 6.07. The van der Waals surface area contributed by atoms with Crippen LogP contribution >= 0.6 is 11.3 Å². The molecule has 1 fully saturated rings. The number of thiophene rings is 1. The molecule has 15 heavy (non-hydrogen) atoms. The van der Waals surface area contributed by atoms with Gasteiger partial charge >= 0.3 is 0 Å². The first kappa shape index (κ1) is 11.1. The van der Waals surface area contributed by atoms with Crippen molar-refractivity contribution < 1.29 is 4.74 Å². The van der Waals surface area contributed by atoms with Crippen molar-refractivity contribution in [3.8, 4) is 0 Å². The molecule has 2 nitrogen and oxygen atoms in total. The van der Waals surface area contributed by atoms with Gasteiger partial charge in [-0.15, -0.1) is 11.3 Å². The van der Waals surface area contributed by atoms with Gasteiger partial charge in [-0.3, -0.25) is 0 Å². The molecule has 84 valence electrons. The van der Waals surface area contributed by atoms with Crippen LogP contribution in [0.5, 0.6) is 0 Å². The molecule has 0 aliphatic carbocycles. The molecule has 0 spiro atoms. The molecule has 3 heteroatoms. The fraction of sp³-hybridized carbons (Fsp3) is 0.667. The SMILES string of the molecule is Cc1ccc(CCC2COCC(C)N2)s1. The van der Waals surface area contributed by atoms with Crippen LogP contribution in [0.1, 0.15) is 23.1 Å². The summed E-state index contributed by atoms with van der Waals surface area (Å²) in [7, 11) is 0. The first-order valence-electron chi connectivity index (χ1n) is 5.63. The zero-order valence-corrected chi connectivity index (χ0v) is 10.3. The van der Waals surface area contributed by atoms with E-state index in [2.05, 4.69) is 31.3 Å². The summed E-state index contributed by atoms with van der Waals surface area (Å²) in [6, 6.07) is 5.49. The number of hydrogen-bond donors (Lipinski definition) is 1. The van der Waals surface area contributed by atoms with Crippen LogP contribution in [-0.4, -0.2) is 25.3 Å². The third kappa shape index (κ3) is 3.30. The Hall–Kier alpha value is -0.380. The van der Waals surface area contributed by atoms with Gasteiger partial charge < -0.3 is 10.1 Å². The molecule has 2 heterocycles. The van der Waals surface area contributed by atoms with Gasteiger partial charge in [-0.25, -0.2) is 0 Å². The van der Waals surface area contributed by atoms with Gasteiger partial charge in [-0.2, -0.15) is 0 Å². The molecule has 0 amide bonds. The molecule has 2 rings (SSSR count). The Morgan fingerprint density at radius 1 is 1.47 bits per heavy atom. The topological polar surface area (TPSA) is 21.3 Å². The first-order chi connectivity index (χ1) is 7.24. The maximum Gasteiger partial charge on any atom is 0.0620 e. The fourth-order valence-corrected chi connectivity index (χ4v) is 2.89. The lowest BCUT2D eigenvalue weighted by molar-refractivity contribution is 0.0484. The predicted molar refractivity (Wildman–Crippen MR) is 64.6 cm³/mol. The smallest absolute Gasteiger partial charge is 0.0620 e. The standard InChI is InChI=1S/C12H19NOS/c1-9-7-14-8-11(13-9)4-6-12-5-3-10(2)15-12/h3,5,9,11,13H,4,6-8H2,1-2H3. The minimum atomic E-state index is 0.508. The van der Waals surface area contributed by atoms with Crippen LogP contribution in [0.15, 0.2) is 12.1 Å². The van der Waals surface area contributed by atoms with Gasteiger partial charge in [0, 0.05) is 21.8 Å². The van der Waals surface area contributed by atoms with Gasteiger partial charge in [-0.1, -0.05) is 0 Å². The van der Waals surface area contributed by atoms with Crippen molar-refractivity contribution in [3.63, 3.8) is 0 Å². The summed E-state index contributed by atoms with van der Waals surface area (Å²) in [5.41, 5.74) is 0. The van der Waals surface area contributed by atoms with Crippen molar-refractivity contribution in [3.05, 3.63) is 21.9 Å². The predicted octanol–water partition coefficient (Wildman–Crippen LogP) is 2.37. The van der Waals surface area contributed by atoms with E-state index in [9.17, 15) is 0 Å². The van der Waals surface area contributed by atoms with Crippen molar-refractivity contribution in [1.29, 1.82) is 0 Å². The Balaban J connectivity index is 1.77. The largest absolute Gasteiger partial charge is 0.378 e. The van der Waals surface area contributed by atoms with Crippen molar-refractivity contribution in [2.24, 2.45) is 0 Å². The molecule has 1 N–H and O–H groups in total. The summed E-state index contributed by atoms with van der Waals surface area (Å²) in [4.78, 5) is 2.90. The van der Waals surface area contributed by atoms with Crippen LogP contribution in [0.4, 0.5) is 0 Å². The Labute approximate surface area is 95.6 Å². The van der Waals surface area contributed by atoms with Crippen LogP contribution in [0, 0.1) is 6.92 Å². The second kappa shape index (κ2) is 5.10. The van der Waals surface area contributed by atoms with E-state index in [1.807, 2.05) is 11.3 Å². The molecule has 0 bridgehead atoms. The number of aryl methyl sites for hydroxylation is 2. The Kier molecular flexibility index (Phi) is 3.78. The number of morpholine rings is 1. The number of ether oxygens (including phenoxy) is 1. The highest BCUT2D eigenvalue weighted by Gasteiger charge is 2.17. The third-order valence-corrected chi connectivity index (χ3v) is 3.80. The number of hydrogen-bond acceptors (Lipinski definition) is 3. The fourth-order valence-electron chi connectivity index (χ4n) is 1.99.